The van der Waals surface area contributed by atoms with Gasteiger partial charge in [0.05, 0.1) is 12.1 Å². The summed E-state index contributed by atoms with van der Waals surface area (Å²) in [7, 11) is 1.74. The van der Waals surface area contributed by atoms with Gasteiger partial charge in [-0.05, 0) is 106 Å². The van der Waals surface area contributed by atoms with Crippen LogP contribution in [0, 0.1) is 29.6 Å². The molecule has 3 unspecified atom stereocenters. The number of guanidine groups is 1. The summed E-state index contributed by atoms with van der Waals surface area (Å²) in [5.74, 6) is 9.22. The third-order valence-corrected chi connectivity index (χ3v) is 10.3. The molecule has 0 spiro atoms. The number of allylic oxidation sites excluding steroid dienone is 2. The number of carbonyl (C=O) groups is 1. The fourth-order valence-corrected chi connectivity index (χ4v) is 7.72. The standard InChI is InChI=1S/C39H59N3O4/c1-27(2)19-24-35-30(26-45-3)20-22-31(42-39(40)41)14-10-18-34-29(21-23-32(43)15-7-6-13-28-11-4-5-12-28)25-36(38(44)37(34)35)46-33-16-8-9-17-33/h7,15,25,27-28,30-31,33,35,44H,4-6,8-9,11-14,16-17,19-24,26H2,1-3H3,(H4,40,41,42). The number of nitrogens with two attached hydrogens (primary N) is 2. The largest absolute Gasteiger partial charge is 0.504 e. The highest BCUT2D eigenvalue weighted by molar-refractivity contribution is 5.89. The molecule has 0 saturated heterocycles. The van der Waals surface area contributed by atoms with E-state index in [0.29, 0.717) is 37.5 Å². The van der Waals surface area contributed by atoms with Crippen LogP contribution in [0.15, 0.2) is 23.2 Å². The highest BCUT2D eigenvalue weighted by Crippen LogP contribution is 2.47. The van der Waals surface area contributed by atoms with E-state index in [9.17, 15) is 9.90 Å². The van der Waals surface area contributed by atoms with Crippen LogP contribution in [-0.2, 0) is 16.0 Å². The van der Waals surface area contributed by atoms with Gasteiger partial charge < -0.3 is 26.0 Å². The summed E-state index contributed by atoms with van der Waals surface area (Å²) < 4.78 is 12.3. The van der Waals surface area contributed by atoms with Crippen LogP contribution in [0.3, 0.4) is 0 Å². The van der Waals surface area contributed by atoms with Crippen molar-refractivity contribution in [2.75, 3.05) is 13.7 Å². The average molecular weight is 634 g/mol. The molecule has 46 heavy (non-hydrogen) atoms. The Hall–Kier alpha value is -2.98. The van der Waals surface area contributed by atoms with Gasteiger partial charge in [-0.25, -0.2) is 4.99 Å². The first-order valence-corrected chi connectivity index (χ1v) is 18.1. The van der Waals surface area contributed by atoms with Crippen molar-refractivity contribution in [1.82, 2.24) is 0 Å². The zero-order valence-electron chi connectivity index (χ0n) is 28.7. The number of phenolic OH excluding ortho intramolecular Hbond substituents is 1. The van der Waals surface area contributed by atoms with E-state index in [2.05, 4.69) is 36.8 Å². The number of carbonyl (C=O) groups excluding carboxylic acids is 1. The molecule has 7 nitrogen and oxygen atoms in total. The molecule has 254 valence electrons. The van der Waals surface area contributed by atoms with Gasteiger partial charge in [0.25, 0.3) is 0 Å². The first-order valence-electron chi connectivity index (χ1n) is 18.1. The Bertz CT molecular complexity index is 1240. The molecule has 2 fully saturated rings. The highest BCUT2D eigenvalue weighted by Gasteiger charge is 2.33. The molecule has 5 N–H and O–H groups in total. The van der Waals surface area contributed by atoms with Crippen molar-refractivity contribution in [2.24, 2.45) is 34.2 Å². The number of nitrogens with zero attached hydrogens (tertiary/aromatic N) is 1. The number of phenols is 1. The van der Waals surface area contributed by atoms with Crippen LogP contribution < -0.4 is 16.2 Å². The molecule has 0 heterocycles. The van der Waals surface area contributed by atoms with Crippen molar-refractivity contribution in [3.05, 3.63) is 34.9 Å². The number of hydrogen-bond acceptors (Lipinski definition) is 5. The Balaban J connectivity index is 1.72. The molecule has 0 radical (unpaired) electrons. The lowest BCUT2D eigenvalue weighted by Crippen LogP contribution is -2.27. The second-order valence-corrected chi connectivity index (χ2v) is 14.4. The average Bonchev–Trinajstić information content (AvgIpc) is 3.73. The second kappa shape index (κ2) is 18.4. The minimum Gasteiger partial charge on any atom is -0.504 e. The molecule has 1 aromatic rings. The number of aryl methyl sites for hydroxylation is 1. The molecule has 0 aliphatic heterocycles. The maximum absolute atomic E-state index is 13.1. The van der Waals surface area contributed by atoms with E-state index in [-0.39, 0.29) is 41.5 Å². The van der Waals surface area contributed by atoms with E-state index >= 15 is 0 Å². The summed E-state index contributed by atoms with van der Waals surface area (Å²) in [6, 6.07) is 1.85. The van der Waals surface area contributed by atoms with Crippen molar-refractivity contribution in [3.63, 3.8) is 0 Å². The topological polar surface area (TPSA) is 120 Å². The van der Waals surface area contributed by atoms with Gasteiger partial charge in [-0.1, -0.05) is 63.9 Å². The molecule has 2 saturated carbocycles. The van der Waals surface area contributed by atoms with Crippen LogP contribution in [0.25, 0.3) is 0 Å². The predicted molar refractivity (Wildman–Crippen MR) is 187 cm³/mol. The summed E-state index contributed by atoms with van der Waals surface area (Å²) in [6.07, 6.45) is 20.6. The van der Waals surface area contributed by atoms with Gasteiger partial charge in [0, 0.05) is 37.7 Å². The molecule has 7 heteroatoms. The van der Waals surface area contributed by atoms with Crippen LogP contribution in [0.2, 0.25) is 0 Å². The van der Waals surface area contributed by atoms with E-state index in [0.717, 1.165) is 80.4 Å². The molecule has 3 atom stereocenters. The summed E-state index contributed by atoms with van der Waals surface area (Å²) in [6.45, 7) is 5.02. The molecular weight excluding hydrogens is 574 g/mol. The van der Waals surface area contributed by atoms with Crippen molar-refractivity contribution in [2.45, 2.75) is 141 Å². The SMILES string of the molecule is COCC1CCC(N=C(N)N)CC#Cc2c(CCC(=O)C=CCCC3CCCC3)cc(OC3CCCC3)c(O)c2C1CCC(C)C. The van der Waals surface area contributed by atoms with Gasteiger partial charge in [-0.15, -0.1) is 0 Å². The highest BCUT2D eigenvalue weighted by atomic mass is 16.5. The minimum atomic E-state index is -0.109. The first-order chi connectivity index (χ1) is 22.2. The number of methoxy groups -OCH3 is 1. The van der Waals surface area contributed by atoms with Crippen LogP contribution in [-0.4, -0.2) is 42.7 Å². The first kappa shape index (κ1) is 35.9. The molecule has 4 rings (SSSR count). The monoisotopic (exact) mass is 633 g/mol. The van der Waals surface area contributed by atoms with Gasteiger partial charge >= 0.3 is 0 Å². The summed E-state index contributed by atoms with van der Waals surface area (Å²) in [5, 5.41) is 12.0. The number of ether oxygens (including phenoxy) is 2. The Morgan fingerprint density at radius 3 is 2.52 bits per heavy atom. The predicted octanol–water partition coefficient (Wildman–Crippen LogP) is 7.70. The number of aromatic hydroxyl groups is 1. The Kier molecular flexibility index (Phi) is 14.3. The molecule has 1 aromatic carbocycles. The molecule has 3 aliphatic rings. The Morgan fingerprint density at radius 1 is 1.09 bits per heavy atom. The molecule has 3 aliphatic carbocycles. The van der Waals surface area contributed by atoms with Gasteiger partial charge in [-0.2, -0.15) is 0 Å². The zero-order valence-corrected chi connectivity index (χ0v) is 28.7. The smallest absolute Gasteiger partial charge is 0.186 e. The lowest BCUT2D eigenvalue weighted by molar-refractivity contribution is -0.114. The van der Waals surface area contributed by atoms with E-state index in [1.165, 1.54) is 32.1 Å². The number of fused-ring (bicyclic) bond motifs is 1. The fourth-order valence-electron chi connectivity index (χ4n) is 7.72. The van der Waals surface area contributed by atoms with E-state index in [1.807, 2.05) is 6.07 Å². The van der Waals surface area contributed by atoms with E-state index in [4.69, 9.17) is 20.9 Å². The molecule has 0 bridgehead atoms. The van der Waals surface area contributed by atoms with Crippen molar-refractivity contribution in [1.29, 1.82) is 0 Å². The van der Waals surface area contributed by atoms with Crippen LogP contribution >= 0.6 is 0 Å². The van der Waals surface area contributed by atoms with Crippen LogP contribution in [0.5, 0.6) is 11.5 Å². The maximum atomic E-state index is 13.1. The number of aliphatic imine (C=N–C) groups is 1. The van der Waals surface area contributed by atoms with Gasteiger partial charge in [-0.3, -0.25) is 4.79 Å². The Labute approximate surface area is 278 Å². The normalized spacial score (nSPS) is 22.5. The summed E-state index contributed by atoms with van der Waals surface area (Å²) in [4.78, 5) is 17.6. The van der Waals surface area contributed by atoms with Gasteiger partial charge in [0.2, 0.25) is 0 Å². The number of ketones is 1. The summed E-state index contributed by atoms with van der Waals surface area (Å²) in [5.41, 5.74) is 14.3. The van der Waals surface area contributed by atoms with Crippen molar-refractivity contribution < 1.29 is 19.4 Å². The van der Waals surface area contributed by atoms with Crippen LogP contribution in [0.1, 0.15) is 139 Å². The molecule has 0 aromatic heterocycles. The van der Waals surface area contributed by atoms with Gasteiger partial charge in [0.15, 0.2) is 23.2 Å². The van der Waals surface area contributed by atoms with Crippen LogP contribution in [0.4, 0.5) is 0 Å². The zero-order chi connectivity index (χ0) is 32.9. The quantitative estimate of drug-likeness (QED) is 0.0788. The Morgan fingerprint density at radius 2 is 1.83 bits per heavy atom. The number of benzene rings is 1. The van der Waals surface area contributed by atoms with E-state index < -0.39 is 0 Å². The lowest BCUT2D eigenvalue weighted by atomic mass is 9.75. The minimum absolute atomic E-state index is 0.00154. The number of hydrogen-bond donors (Lipinski definition) is 3. The third-order valence-electron chi connectivity index (χ3n) is 10.3. The third kappa shape index (κ3) is 10.8. The van der Waals surface area contributed by atoms with Crippen molar-refractivity contribution in [3.8, 4) is 23.3 Å². The maximum Gasteiger partial charge on any atom is 0.186 e. The fraction of sp³-hybridized carbons (Fsp3) is 0.692. The molecular formula is C39H59N3O4. The summed E-state index contributed by atoms with van der Waals surface area (Å²) >= 11 is 0. The van der Waals surface area contributed by atoms with Crippen molar-refractivity contribution >= 4 is 11.7 Å². The number of rotatable bonds is 15. The van der Waals surface area contributed by atoms with E-state index in [1.54, 1.807) is 13.2 Å². The van der Waals surface area contributed by atoms with Gasteiger partial charge in [0.1, 0.15) is 0 Å². The lowest BCUT2D eigenvalue weighted by Gasteiger charge is -2.32. The molecule has 0 amide bonds. The second-order valence-electron chi connectivity index (χ2n) is 14.4.